The molecule has 0 spiro atoms. The van der Waals surface area contributed by atoms with Crippen LogP contribution in [-0.4, -0.2) is 20.8 Å². The smallest absolute Gasteiger partial charge is 0.274 e. The molecule has 2 aromatic rings. The number of nitrogens with one attached hydrogen (secondary N) is 1. The van der Waals surface area contributed by atoms with Crippen molar-refractivity contribution in [3.63, 3.8) is 0 Å². The van der Waals surface area contributed by atoms with E-state index in [9.17, 15) is 14.4 Å². The second kappa shape index (κ2) is 7.41. The number of hydrogen-bond acceptors (Lipinski definition) is 6. The van der Waals surface area contributed by atoms with E-state index in [0.717, 1.165) is 11.8 Å². The van der Waals surface area contributed by atoms with Crippen molar-refractivity contribution in [2.24, 2.45) is 10.7 Å². The minimum absolute atomic E-state index is 0.176. The van der Waals surface area contributed by atoms with Crippen LogP contribution < -0.4 is 11.1 Å². The van der Waals surface area contributed by atoms with Crippen molar-refractivity contribution in [1.82, 2.24) is 4.98 Å². The van der Waals surface area contributed by atoms with Gasteiger partial charge in [-0.15, -0.1) is 0 Å². The van der Waals surface area contributed by atoms with Gasteiger partial charge >= 0.3 is 0 Å². The summed E-state index contributed by atoms with van der Waals surface area (Å²) in [6.45, 7) is 3.47. The van der Waals surface area contributed by atoms with Gasteiger partial charge in [0, 0.05) is 23.9 Å². The maximum absolute atomic E-state index is 14.6. The molecule has 0 bridgehead atoms. The zero-order valence-electron chi connectivity index (χ0n) is 15.2. The first kappa shape index (κ1) is 20.1. The van der Waals surface area contributed by atoms with E-state index < -0.39 is 22.0 Å². The summed E-state index contributed by atoms with van der Waals surface area (Å²) in [4.78, 5) is 20.7. The molecule has 0 saturated heterocycles. The van der Waals surface area contributed by atoms with Gasteiger partial charge in [0.25, 0.3) is 5.91 Å². The molecule has 0 unspecified atom stereocenters. The third-order valence-corrected chi connectivity index (χ3v) is 5.58. The quantitative estimate of drug-likeness (QED) is 0.783. The molecule has 0 aliphatic carbocycles. The van der Waals surface area contributed by atoms with Crippen LogP contribution in [0.1, 0.15) is 36.3 Å². The van der Waals surface area contributed by atoms with Gasteiger partial charge in [-0.05, 0) is 44.2 Å². The molecule has 28 heavy (non-hydrogen) atoms. The lowest BCUT2D eigenvalue weighted by Crippen LogP contribution is -2.39. The summed E-state index contributed by atoms with van der Waals surface area (Å²) in [6, 6.07) is 9.47. The number of thioether (sulfide) groups is 1. The minimum atomic E-state index is -1.04. The zero-order valence-corrected chi connectivity index (χ0v) is 16.7. The number of amides is 1. The fourth-order valence-corrected chi connectivity index (χ4v) is 4.39. The lowest BCUT2D eigenvalue weighted by atomic mass is 9.83. The van der Waals surface area contributed by atoms with Gasteiger partial charge in [0.2, 0.25) is 0 Å². The third kappa shape index (κ3) is 4.11. The standard InChI is InChI=1S/C19H17ClFN5OS/c1-18(10-22)9-19(2,26-17(23)28-18)13-7-12(4-5-14(13)21)25-16(27)15-6-3-11(20)8-24-15/h3-8H,9H2,1-2H3,(H2,23,26)(H,25,27)/t18-,19+/m1/s1. The van der Waals surface area contributed by atoms with Gasteiger partial charge in [-0.2, -0.15) is 5.26 Å². The number of anilines is 1. The first-order valence-electron chi connectivity index (χ1n) is 8.33. The maximum atomic E-state index is 14.6. The molecule has 0 radical (unpaired) electrons. The SMILES string of the molecule is C[C@]1(C#N)C[C@@](C)(c2cc(NC(=O)c3ccc(Cl)cn3)ccc2F)N=C(N)S1. The molecule has 3 rings (SSSR count). The average Bonchev–Trinajstić information content (AvgIpc) is 2.62. The molecule has 1 amide bonds. The van der Waals surface area contributed by atoms with Gasteiger partial charge in [0.15, 0.2) is 5.17 Å². The number of aromatic nitrogens is 1. The Morgan fingerprint density at radius 1 is 1.39 bits per heavy atom. The molecule has 1 aromatic heterocycles. The predicted molar refractivity (Wildman–Crippen MR) is 109 cm³/mol. The molecule has 1 aromatic carbocycles. The molecular formula is C19H17ClFN5OS. The number of rotatable bonds is 3. The van der Waals surface area contributed by atoms with E-state index >= 15 is 0 Å². The van der Waals surface area contributed by atoms with Crippen molar-refractivity contribution in [3.8, 4) is 6.07 Å². The highest BCUT2D eigenvalue weighted by Gasteiger charge is 2.43. The van der Waals surface area contributed by atoms with Gasteiger partial charge in [-0.3, -0.25) is 9.79 Å². The van der Waals surface area contributed by atoms with E-state index in [-0.39, 0.29) is 22.8 Å². The van der Waals surface area contributed by atoms with Gasteiger partial charge < -0.3 is 11.1 Å². The first-order chi connectivity index (χ1) is 13.1. The lowest BCUT2D eigenvalue weighted by molar-refractivity contribution is 0.102. The van der Waals surface area contributed by atoms with Crippen LogP contribution in [0.4, 0.5) is 10.1 Å². The molecule has 0 fully saturated rings. The van der Waals surface area contributed by atoms with Crippen LogP contribution in [0.5, 0.6) is 0 Å². The van der Waals surface area contributed by atoms with Crippen LogP contribution in [0.15, 0.2) is 41.5 Å². The maximum Gasteiger partial charge on any atom is 0.274 e. The van der Waals surface area contributed by atoms with Gasteiger partial charge in [0.1, 0.15) is 16.3 Å². The van der Waals surface area contributed by atoms with Gasteiger partial charge in [-0.25, -0.2) is 9.37 Å². The van der Waals surface area contributed by atoms with Crippen molar-refractivity contribution in [3.05, 3.63) is 58.6 Å². The topological polar surface area (TPSA) is 104 Å². The predicted octanol–water partition coefficient (Wildman–Crippen LogP) is 4.08. The molecule has 6 nitrogen and oxygen atoms in total. The highest BCUT2D eigenvalue weighted by atomic mass is 35.5. The molecule has 144 valence electrons. The number of carbonyl (C=O) groups is 1. The number of nitrogens with two attached hydrogens (primary N) is 1. The van der Waals surface area contributed by atoms with Crippen LogP contribution in [0.2, 0.25) is 5.02 Å². The Kier molecular flexibility index (Phi) is 5.33. The number of amidine groups is 1. The van der Waals surface area contributed by atoms with Crippen molar-refractivity contribution >= 4 is 40.1 Å². The third-order valence-electron chi connectivity index (χ3n) is 4.37. The zero-order chi connectivity index (χ0) is 20.5. The molecule has 3 N–H and O–H groups in total. The fraction of sp³-hybridized carbons (Fsp3) is 0.263. The summed E-state index contributed by atoms with van der Waals surface area (Å²) < 4.78 is 13.8. The molecule has 2 atom stereocenters. The van der Waals surface area contributed by atoms with E-state index in [2.05, 4.69) is 21.4 Å². The summed E-state index contributed by atoms with van der Waals surface area (Å²) in [6.07, 6.45) is 1.64. The molecule has 1 aliphatic rings. The summed E-state index contributed by atoms with van der Waals surface area (Å²) in [7, 11) is 0. The number of pyridine rings is 1. The van der Waals surface area contributed by atoms with Crippen LogP contribution in [0.3, 0.4) is 0 Å². The van der Waals surface area contributed by atoms with E-state index in [1.807, 2.05) is 0 Å². The lowest BCUT2D eigenvalue weighted by Gasteiger charge is -2.37. The average molecular weight is 418 g/mol. The number of hydrogen-bond donors (Lipinski definition) is 2. The molecule has 9 heteroatoms. The number of nitriles is 1. The molecule has 1 aliphatic heterocycles. The Hall–Kier alpha value is -2.63. The second-order valence-corrected chi connectivity index (χ2v) is 8.82. The van der Waals surface area contributed by atoms with Gasteiger partial charge in [0.05, 0.1) is 16.6 Å². The minimum Gasteiger partial charge on any atom is -0.378 e. The summed E-state index contributed by atoms with van der Waals surface area (Å²) in [5.41, 5.74) is 5.67. The monoisotopic (exact) mass is 417 g/mol. The van der Waals surface area contributed by atoms with Crippen LogP contribution in [0, 0.1) is 17.1 Å². The second-order valence-electron chi connectivity index (χ2n) is 6.86. The van der Waals surface area contributed by atoms with Crippen LogP contribution in [-0.2, 0) is 5.54 Å². The number of benzene rings is 1. The summed E-state index contributed by atoms with van der Waals surface area (Å²) >= 11 is 6.94. The Labute approximate surface area is 171 Å². The van der Waals surface area contributed by atoms with E-state index in [4.69, 9.17) is 17.3 Å². The Balaban J connectivity index is 1.93. The largest absolute Gasteiger partial charge is 0.378 e. The van der Waals surface area contributed by atoms with Crippen LogP contribution >= 0.6 is 23.4 Å². The van der Waals surface area contributed by atoms with E-state index in [1.54, 1.807) is 19.9 Å². The number of aliphatic imine (C=N–C) groups is 1. The van der Waals surface area contributed by atoms with Crippen LogP contribution in [0.25, 0.3) is 0 Å². The Morgan fingerprint density at radius 2 is 2.14 bits per heavy atom. The van der Waals surface area contributed by atoms with Crippen molar-refractivity contribution < 1.29 is 9.18 Å². The Morgan fingerprint density at radius 3 is 2.79 bits per heavy atom. The van der Waals surface area contributed by atoms with Crippen molar-refractivity contribution in [2.45, 2.75) is 30.6 Å². The number of halogens is 2. The highest BCUT2D eigenvalue weighted by Crippen LogP contribution is 2.45. The fourth-order valence-electron chi connectivity index (χ4n) is 3.17. The normalized spacial score (nSPS) is 24.2. The molecule has 2 heterocycles. The number of carbonyl (C=O) groups excluding carboxylic acids is 1. The van der Waals surface area contributed by atoms with E-state index in [0.29, 0.717) is 10.7 Å². The van der Waals surface area contributed by atoms with Crippen molar-refractivity contribution in [1.29, 1.82) is 5.26 Å². The molecule has 0 saturated carbocycles. The summed E-state index contributed by atoms with van der Waals surface area (Å²) in [5.74, 6) is -0.947. The molecular weight excluding hydrogens is 401 g/mol. The highest BCUT2D eigenvalue weighted by molar-refractivity contribution is 8.15. The van der Waals surface area contributed by atoms with Gasteiger partial charge in [-0.1, -0.05) is 23.4 Å². The number of nitrogens with zero attached hydrogens (tertiary/aromatic N) is 3. The van der Waals surface area contributed by atoms with E-state index in [1.165, 1.54) is 30.5 Å². The Bertz CT molecular complexity index is 1010. The summed E-state index contributed by atoms with van der Waals surface area (Å²) in [5, 5.41) is 12.8. The first-order valence-corrected chi connectivity index (χ1v) is 9.52. The van der Waals surface area contributed by atoms with Crippen molar-refractivity contribution in [2.75, 3.05) is 5.32 Å².